The Hall–Kier alpha value is 0.0900. The van der Waals surface area contributed by atoms with Gasteiger partial charge in [-0.2, -0.15) is 0 Å². The molecule has 0 saturated heterocycles. The fraction of sp³-hybridized carbons (Fsp3) is 0.833. The average Bonchev–Trinajstić information content (AvgIpc) is 2.16. The number of hydrogen-bond acceptors (Lipinski definition) is 1. The first-order valence-electron chi connectivity index (χ1n) is 5.64. The Balaban J connectivity index is 2.79. The summed E-state index contributed by atoms with van der Waals surface area (Å²) in [5, 5.41) is 1.95. The van der Waals surface area contributed by atoms with Gasteiger partial charge in [0.05, 0.1) is 0 Å². The van der Waals surface area contributed by atoms with E-state index in [1.54, 1.807) is 0 Å². The van der Waals surface area contributed by atoms with E-state index in [2.05, 4.69) is 13.5 Å². The monoisotopic (exact) mass is 200 g/mol. The molecule has 0 aromatic heterocycles. The van der Waals surface area contributed by atoms with Crippen molar-refractivity contribution in [1.29, 1.82) is 0 Å². The predicted molar refractivity (Wildman–Crippen MR) is 65.3 cm³/mol. The minimum absolute atomic E-state index is 1.26. The number of hydrogen-bond donors (Lipinski definition) is 0. The van der Waals surface area contributed by atoms with Crippen LogP contribution in [0.15, 0.2) is 12.0 Å². The van der Waals surface area contributed by atoms with Gasteiger partial charge in [0.25, 0.3) is 0 Å². The lowest BCUT2D eigenvalue weighted by atomic mass is 10.1. The van der Waals surface area contributed by atoms with Crippen LogP contribution in [0.4, 0.5) is 0 Å². The smallest absolute Gasteiger partial charge is 0.00262 e. The molecule has 0 aromatic rings. The predicted octanol–water partition coefficient (Wildman–Crippen LogP) is 5.00. The summed E-state index contributed by atoms with van der Waals surface area (Å²) in [5.74, 6) is 1.26. The van der Waals surface area contributed by atoms with E-state index in [-0.39, 0.29) is 0 Å². The topological polar surface area (TPSA) is 0 Å². The van der Waals surface area contributed by atoms with Crippen LogP contribution in [0.1, 0.15) is 58.3 Å². The van der Waals surface area contributed by atoms with Gasteiger partial charge < -0.3 is 0 Å². The van der Waals surface area contributed by atoms with Crippen LogP contribution >= 0.6 is 11.8 Å². The molecule has 0 unspecified atom stereocenters. The van der Waals surface area contributed by atoms with Gasteiger partial charge in [0.1, 0.15) is 0 Å². The van der Waals surface area contributed by atoms with Crippen LogP contribution in [0, 0.1) is 0 Å². The van der Waals surface area contributed by atoms with Crippen LogP contribution in [-0.4, -0.2) is 5.75 Å². The van der Waals surface area contributed by atoms with Crippen molar-refractivity contribution in [3.05, 3.63) is 12.0 Å². The highest BCUT2D eigenvalue weighted by molar-refractivity contribution is 8.02. The number of rotatable bonds is 10. The Morgan fingerprint density at radius 1 is 0.923 bits per heavy atom. The van der Waals surface area contributed by atoms with Crippen molar-refractivity contribution in [2.45, 2.75) is 58.3 Å². The van der Waals surface area contributed by atoms with Crippen molar-refractivity contribution >= 4 is 11.8 Å². The van der Waals surface area contributed by atoms with Gasteiger partial charge in [-0.3, -0.25) is 0 Å². The van der Waals surface area contributed by atoms with Crippen molar-refractivity contribution in [3.8, 4) is 0 Å². The van der Waals surface area contributed by atoms with E-state index in [4.69, 9.17) is 0 Å². The van der Waals surface area contributed by atoms with Crippen LogP contribution in [-0.2, 0) is 0 Å². The lowest BCUT2D eigenvalue weighted by Gasteiger charge is -2.00. The molecule has 0 aliphatic rings. The lowest BCUT2D eigenvalue weighted by Crippen LogP contribution is -1.81. The van der Waals surface area contributed by atoms with E-state index in [0.29, 0.717) is 0 Å². The summed E-state index contributed by atoms with van der Waals surface area (Å²) in [6.45, 7) is 5.96. The van der Waals surface area contributed by atoms with Crippen LogP contribution < -0.4 is 0 Å². The summed E-state index contributed by atoms with van der Waals surface area (Å²) in [7, 11) is 0. The zero-order chi connectivity index (χ0) is 9.78. The highest BCUT2D eigenvalue weighted by Crippen LogP contribution is 2.10. The van der Waals surface area contributed by atoms with Crippen molar-refractivity contribution < 1.29 is 0 Å². The second-order valence-corrected chi connectivity index (χ2v) is 4.59. The molecule has 0 atom stereocenters. The highest BCUT2D eigenvalue weighted by Gasteiger charge is 1.90. The minimum Gasteiger partial charge on any atom is -0.135 e. The van der Waals surface area contributed by atoms with Gasteiger partial charge in [0.2, 0.25) is 0 Å². The summed E-state index contributed by atoms with van der Waals surface area (Å²) in [4.78, 5) is 0. The van der Waals surface area contributed by atoms with E-state index in [0.717, 1.165) is 0 Å². The summed E-state index contributed by atoms with van der Waals surface area (Å²) in [6.07, 6.45) is 11.3. The number of thioether (sulfide) groups is 1. The molecule has 0 fully saturated rings. The molecule has 0 aliphatic carbocycles. The molecule has 0 heterocycles. The molecule has 1 heteroatoms. The third-order valence-corrected chi connectivity index (χ3v) is 2.99. The van der Waals surface area contributed by atoms with Gasteiger partial charge in [0.15, 0.2) is 0 Å². The van der Waals surface area contributed by atoms with Gasteiger partial charge in [-0.05, 0) is 17.6 Å². The molecule has 0 rings (SSSR count). The maximum atomic E-state index is 3.69. The zero-order valence-corrected chi connectivity index (χ0v) is 9.87. The Morgan fingerprint density at radius 2 is 1.46 bits per heavy atom. The lowest BCUT2D eigenvalue weighted by molar-refractivity contribution is 0.586. The Labute approximate surface area is 88.2 Å². The first kappa shape index (κ1) is 13.1. The largest absolute Gasteiger partial charge is 0.135 e. The fourth-order valence-electron chi connectivity index (χ4n) is 1.40. The molecule has 0 amide bonds. The third kappa shape index (κ3) is 12.1. The molecule has 0 radical (unpaired) electrons. The third-order valence-electron chi connectivity index (χ3n) is 2.23. The van der Waals surface area contributed by atoms with Crippen molar-refractivity contribution in [1.82, 2.24) is 0 Å². The fourth-order valence-corrected chi connectivity index (χ4v) is 1.94. The second-order valence-electron chi connectivity index (χ2n) is 3.51. The van der Waals surface area contributed by atoms with Crippen molar-refractivity contribution in [2.24, 2.45) is 0 Å². The number of unbranched alkanes of at least 4 members (excludes halogenated alkanes) is 7. The van der Waals surface area contributed by atoms with E-state index in [1.165, 1.54) is 57.1 Å². The van der Waals surface area contributed by atoms with Crippen LogP contribution in [0.5, 0.6) is 0 Å². The van der Waals surface area contributed by atoms with Gasteiger partial charge in [-0.25, -0.2) is 0 Å². The van der Waals surface area contributed by atoms with Crippen LogP contribution in [0.25, 0.3) is 0 Å². The zero-order valence-electron chi connectivity index (χ0n) is 9.06. The van der Waals surface area contributed by atoms with Crippen LogP contribution in [0.2, 0.25) is 0 Å². The molecule has 0 aliphatic heterocycles. The molecular weight excluding hydrogens is 176 g/mol. The van der Waals surface area contributed by atoms with E-state index in [1.807, 2.05) is 17.2 Å². The quantitative estimate of drug-likeness (QED) is 0.447. The first-order valence-corrected chi connectivity index (χ1v) is 6.69. The minimum atomic E-state index is 1.26. The first-order chi connectivity index (χ1) is 6.41. The molecule has 78 valence electrons. The molecule has 0 nitrogen and oxygen atoms in total. The van der Waals surface area contributed by atoms with Gasteiger partial charge in [-0.1, -0.05) is 58.4 Å². The van der Waals surface area contributed by atoms with Gasteiger partial charge in [-0.15, -0.1) is 11.8 Å². The SMILES string of the molecule is C=CSCCCCCCCCCC. The van der Waals surface area contributed by atoms with Crippen LogP contribution in [0.3, 0.4) is 0 Å². The van der Waals surface area contributed by atoms with Gasteiger partial charge >= 0.3 is 0 Å². The molecule has 0 spiro atoms. The maximum Gasteiger partial charge on any atom is -0.00262 e. The van der Waals surface area contributed by atoms with Crippen molar-refractivity contribution in [3.63, 3.8) is 0 Å². The Kier molecular flexibility index (Phi) is 12.2. The highest BCUT2D eigenvalue weighted by atomic mass is 32.2. The summed E-state index contributed by atoms with van der Waals surface area (Å²) in [6, 6.07) is 0. The molecule has 0 saturated carbocycles. The van der Waals surface area contributed by atoms with E-state index in [9.17, 15) is 0 Å². The second kappa shape index (κ2) is 12.1. The molecule has 0 bridgehead atoms. The molecule has 0 aromatic carbocycles. The standard InChI is InChI=1S/C12H24S/c1-3-5-6-7-8-9-10-11-12-13-4-2/h4H,2-3,5-12H2,1H3. The molecule has 0 N–H and O–H groups in total. The Bertz CT molecular complexity index is 99.3. The molecular formula is C12H24S. The van der Waals surface area contributed by atoms with Crippen molar-refractivity contribution in [2.75, 3.05) is 5.75 Å². The van der Waals surface area contributed by atoms with E-state index < -0.39 is 0 Å². The Morgan fingerprint density at radius 3 is 2.00 bits per heavy atom. The summed E-state index contributed by atoms with van der Waals surface area (Å²) < 4.78 is 0. The average molecular weight is 200 g/mol. The van der Waals surface area contributed by atoms with Gasteiger partial charge in [0, 0.05) is 0 Å². The normalized spacial score (nSPS) is 10.2. The maximum absolute atomic E-state index is 3.69. The summed E-state index contributed by atoms with van der Waals surface area (Å²) in [5.41, 5.74) is 0. The van der Waals surface area contributed by atoms with E-state index >= 15 is 0 Å². The molecule has 13 heavy (non-hydrogen) atoms. The summed E-state index contributed by atoms with van der Waals surface area (Å²) >= 11 is 1.84.